The van der Waals surface area contributed by atoms with E-state index in [9.17, 15) is 14.7 Å². The second-order valence-electron chi connectivity index (χ2n) is 7.55. The first-order chi connectivity index (χ1) is 14.9. The second kappa shape index (κ2) is 9.66. The van der Waals surface area contributed by atoms with Gasteiger partial charge in [0, 0.05) is 45.6 Å². The Morgan fingerprint density at radius 3 is 2.23 bits per heavy atom. The van der Waals surface area contributed by atoms with Gasteiger partial charge in [0.25, 0.3) is 11.7 Å². The summed E-state index contributed by atoms with van der Waals surface area (Å²) in [4.78, 5) is 29.3. The van der Waals surface area contributed by atoms with Gasteiger partial charge in [0.15, 0.2) is 0 Å². The topological polar surface area (TPSA) is 79.3 Å². The van der Waals surface area contributed by atoms with Crippen molar-refractivity contribution in [1.29, 1.82) is 0 Å². The molecule has 1 aliphatic heterocycles. The molecule has 0 bridgehead atoms. The van der Waals surface area contributed by atoms with Gasteiger partial charge < -0.3 is 24.4 Å². The van der Waals surface area contributed by atoms with Crippen LogP contribution in [0.2, 0.25) is 0 Å². The largest absolute Gasteiger partial charge is 0.507 e. The lowest BCUT2D eigenvalue weighted by atomic mass is 9.95. The van der Waals surface area contributed by atoms with Gasteiger partial charge in [-0.05, 0) is 48.4 Å². The minimum atomic E-state index is -0.688. The summed E-state index contributed by atoms with van der Waals surface area (Å²) in [5.41, 5.74) is 2.29. The number of amides is 1. The molecule has 1 amide bonds. The molecule has 1 fully saturated rings. The molecule has 164 valence electrons. The number of hydrogen-bond donors (Lipinski definition) is 1. The number of rotatable bonds is 8. The predicted molar refractivity (Wildman–Crippen MR) is 119 cm³/mol. The van der Waals surface area contributed by atoms with E-state index in [1.54, 1.807) is 38.5 Å². The smallest absolute Gasteiger partial charge is 0.295 e. The molecule has 1 unspecified atom stereocenters. The Balaban J connectivity index is 2.09. The van der Waals surface area contributed by atoms with Gasteiger partial charge in [0.2, 0.25) is 0 Å². The minimum Gasteiger partial charge on any atom is -0.507 e. The van der Waals surface area contributed by atoms with Crippen LogP contribution in [-0.2, 0) is 14.3 Å². The van der Waals surface area contributed by atoms with Crippen LogP contribution in [0.25, 0.3) is 5.76 Å². The van der Waals surface area contributed by atoms with Crippen molar-refractivity contribution >= 4 is 23.1 Å². The number of aliphatic hydroxyl groups excluding tert-OH is 1. The Morgan fingerprint density at radius 2 is 1.68 bits per heavy atom. The van der Waals surface area contributed by atoms with Crippen molar-refractivity contribution in [2.75, 3.05) is 46.4 Å². The monoisotopic (exact) mass is 424 g/mol. The van der Waals surface area contributed by atoms with E-state index in [0.717, 1.165) is 11.3 Å². The molecule has 1 saturated heterocycles. The summed E-state index contributed by atoms with van der Waals surface area (Å²) in [6.45, 7) is 0.811. The van der Waals surface area contributed by atoms with E-state index in [2.05, 4.69) is 0 Å². The number of Topliss-reactive ketones (excluding diaryl/α,β-unsaturated/α-hetero) is 1. The molecule has 0 radical (unpaired) electrons. The SMILES string of the molecule is COCCCN1C(=O)C(=O)/C(=C(\O)c2ccc(OC)cc2)C1c1ccc(N(C)C)cc1. The van der Waals surface area contributed by atoms with E-state index in [1.165, 1.54) is 4.90 Å². The standard InChI is InChI=1S/C24H28N2O5/c1-25(2)18-10-6-16(7-11-18)21-20(22(27)17-8-12-19(31-4)13-9-17)23(28)24(29)26(21)14-5-15-30-3/h6-13,21,27H,5,14-15H2,1-4H3/b22-20-. The molecule has 0 spiro atoms. The Morgan fingerprint density at radius 1 is 1.03 bits per heavy atom. The fraction of sp³-hybridized carbons (Fsp3) is 0.333. The summed E-state index contributed by atoms with van der Waals surface area (Å²) in [6.07, 6.45) is 0.582. The van der Waals surface area contributed by atoms with Crippen LogP contribution in [-0.4, -0.2) is 63.2 Å². The first kappa shape index (κ1) is 22.4. The number of methoxy groups -OCH3 is 2. The van der Waals surface area contributed by atoms with Crippen LogP contribution in [0, 0.1) is 0 Å². The van der Waals surface area contributed by atoms with Gasteiger partial charge >= 0.3 is 0 Å². The highest BCUT2D eigenvalue weighted by molar-refractivity contribution is 6.46. The lowest BCUT2D eigenvalue weighted by molar-refractivity contribution is -0.140. The average molecular weight is 424 g/mol. The number of anilines is 1. The maximum atomic E-state index is 13.0. The molecule has 7 nitrogen and oxygen atoms in total. The fourth-order valence-electron chi connectivity index (χ4n) is 3.70. The lowest BCUT2D eigenvalue weighted by Crippen LogP contribution is -2.31. The highest BCUT2D eigenvalue weighted by atomic mass is 16.5. The lowest BCUT2D eigenvalue weighted by Gasteiger charge is -2.26. The molecular formula is C24H28N2O5. The highest BCUT2D eigenvalue weighted by Crippen LogP contribution is 2.40. The van der Waals surface area contributed by atoms with Crippen LogP contribution < -0.4 is 9.64 Å². The summed E-state index contributed by atoms with van der Waals surface area (Å²) in [5.74, 6) is -0.871. The van der Waals surface area contributed by atoms with E-state index < -0.39 is 17.7 Å². The average Bonchev–Trinajstić information content (AvgIpc) is 3.04. The van der Waals surface area contributed by atoms with E-state index in [1.807, 2.05) is 43.3 Å². The zero-order valence-electron chi connectivity index (χ0n) is 18.3. The van der Waals surface area contributed by atoms with Crippen molar-refractivity contribution in [3.63, 3.8) is 0 Å². The van der Waals surface area contributed by atoms with Crippen LogP contribution in [0.15, 0.2) is 54.1 Å². The van der Waals surface area contributed by atoms with Crippen LogP contribution in [0.4, 0.5) is 5.69 Å². The number of ether oxygens (including phenoxy) is 2. The molecule has 0 aromatic heterocycles. The van der Waals surface area contributed by atoms with Gasteiger partial charge in [-0.25, -0.2) is 0 Å². The normalized spacial score (nSPS) is 17.8. The van der Waals surface area contributed by atoms with Crippen molar-refractivity contribution in [1.82, 2.24) is 4.90 Å². The number of ketones is 1. The van der Waals surface area contributed by atoms with Crippen molar-refractivity contribution in [2.24, 2.45) is 0 Å². The number of aliphatic hydroxyl groups is 1. The summed E-state index contributed by atoms with van der Waals surface area (Å²) in [5, 5.41) is 11.0. The van der Waals surface area contributed by atoms with Crippen LogP contribution in [0.1, 0.15) is 23.6 Å². The Bertz CT molecular complexity index is 964. The van der Waals surface area contributed by atoms with Crippen LogP contribution in [0.3, 0.4) is 0 Å². The van der Waals surface area contributed by atoms with Crippen molar-refractivity contribution in [3.05, 3.63) is 65.2 Å². The molecule has 1 heterocycles. The molecule has 1 N–H and O–H groups in total. The predicted octanol–water partition coefficient (Wildman–Crippen LogP) is 3.22. The third-order valence-electron chi connectivity index (χ3n) is 5.38. The quantitative estimate of drug-likeness (QED) is 0.303. The summed E-state index contributed by atoms with van der Waals surface area (Å²) in [7, 11) is 7.03. The third-order valence-corrected chi connectivity index (χ3v) is 5.38. The van der Waals surface area contributed by atoms with Gasteiger partial charge in [-0.1, -0.05) is 12.1 Å². The molecule has 2 aromatic carbocycles. The van der Waals surface area contributed by atoms with E-state index >= 15 is 0 Å². The maximum Gasteiger partial charge on any atom is 0.295 e. The van der Waals surface area contributed by atoms with Crippen LogP contribution >= 0.6 is 0 Å². The zero-order valence-corrected chi connectivity index (χ0v) is 18.3. The number of benzene rings is 2. The molecule has 31 heavy (non-hydrogen) atoms. The molecule has 0 aliphatic carbocycles. The van der Waals surface area contributed by atoms with Gasteiger partial charge in [-0.15, -0.1) is 0 Å². The Hall–Kier alpha value is -3.32. The third kappa shape index (κ3) is 4.56. The van der Waals surface area contributed by atoms with Gasteiger partial charge in [-0.2, -0.15) is 0 Å². The zero-order chi connectivity index (χ0) is 22.5. The van der Waals surface area contributed by atoms with Crippen molar-refractivity contribution < 1.29 is 24.2 Å². The number of carbonyl (C=O) groups excluding carboxylic acids is 2. The molecule has 3 rings (SSSR count). The number of nitrogens with zero attached hydrogens (tertiary/aromatic N) is 2. The van der Waals surface area contributed by atoms with Crippen molar-refractivity contribution in [2.45, 2.75) is 12.5 Å². The summed E-state index contributed by atoms with van der Waals surface area (Å²) >= 11 is 0. The maximum absolute atomic E-state index is 13.0. The number of likely N-dealkylation sites (tertiary alicyclic amines) is 1. The first-order valence-corrected chi connectivity index (χ1v) is 10.1. The first-order valence-electron chi connectivity index (χ1n) is 10.1. The summed E-state index contributed by atoms with van der Waals surface area (Å²) in [6, 6.07) is 13.7. The van der Waals surface area contributed by atoms with Gasteiger partial charge in [0.1, 0.15) is 11.5 Å². The molecule has 0 saturated carbocycles. The molecule has 2 aromatic rings. The Kier molecular flexibility index (Phi) is 6.97. The fourth-order valence-corrected chi connectivity index (χ4v) is 3.70. The van der Waals surface area contributed by atoms with Crippen molar-refractivity contribution in [3.8, 4) is 5.75 Å². The Labute approximate surface area is 182 Å². The van der Waals surface area contributed by atoms with E-state index in [4.69, 9.17) is 9.47 Å². The minimum absolute atomic E-state index is 0.0881. The van der Waals surface area contributed by atoms with E-state index in [0.29, 0.717) is 30.9 Å². The number of carbonyl (C=O) groups is 2. The molecular weight excluding hydrogens is 396 g/mol. The summed E-state index contributed by atoms with van der Waals surface area (Å²) < 4.78 is 10.3. The van der Waals surface area contributed by atoms with Gasteiger partial charge in [0.05, 0.1) is 18.7 Å². The van der Waals surface area contributed by atoms with Crippen LogP contribution in [0.5, 0.6) is 5.75 Å². The second-order valence-corrected chi connectivity index (χ2v) is 7.55. The van der Waals surface area contributed by atoms with Gasteiger partial charge in [-0.3, -0.25) is 9.59 Å². The van der Waals surface area contributed by atoms with E-state index in [-0.39, 0.29) is 11.3 Å². The highest BCUT2D eigenvalue weighted by Gasteiger charge is 2.45. The molecule has 7 heteroatoms. The molecule has 1 aliphatic rings. The number of hydrogen-bond acceptors (Lipinski definition) is 6. The molecule has 1 atom stereocenters.